The predicted octanol–water partition coefficient (Wildman–Crippen LogP) is 3.87. The van der Waals surface area contributed by atoms with Crippen molar-refractivity contribution < 1.29 is 23.1 Å². The minimum absolute atomic E-state index is 0.0654. The van der Waals surface area contributed by atoms with Gasteiger partial charge in [-0.25, -0.2) is 12.4 Å². The molecular formula is C19H18ClNO5S. The number of methoxy groups -OCH3 is 1. The van der Waals surface area contributed by atoms with E-state index in [9.17, 15) is 13.2 Å². The molecule has 0 saturated carbocycles. The molecule has 2 aromatic carbocycles. The molecule has 3 rings (SSSR count). The van der Waals surface area contributed by atoms with Crippen LogP contribution in [0.1, 0.15) is 17.5 Å². The monoisotopic (exact) mass is 407 g/mol. The van der Waals surface area contributed by atoms with Gasteiger partial charge in [-0.3, -0.25) is 4.79 Å². The molecule has 1 N–H and O–H groups in total. The third-order valence-electron chi connectivity index (χ3n) is 4.37. The molecule has 0 aliphatic carbocycles. The first-order chi connectivity index (χ1) is 12.7. The summed E-state index contributed by atoms with van der Waals surface area (Å²) in [4.78, 5) is 11.0. The largest absolute Gasteiger partial charge is 0.497 e. The number of carbonyl (C=O) groups is 1. The number of carboxylic acid groups (broad SMARTS) is 1. The van der Waals surface area contributed by atoms with Crippen LogP contribution in [0.15, 0.2) is 47.5 Å². The number of carboxylic acids is 1. The molecule has 8 heteroatoms. The van der Waals surface area contributed by atoms with E-state index in [1.807, 2.05) is 0 Å². The fourth-order valence-corrected chi connectivity index (χ4v) is 4.52. The number of aliphatic carboxylic acids is 1. The molecule has 142 valence electrons. The summed E-state index contributed by atoms with van der Waals surface area (Å²) in [5, 5.41) is 9.98. The summed E-state index contributed by atoms with van der Waals surface area (Å²) in [7, 11) is -2.38. The van der Waals surface area contributed by atoms with Crippen LogP contribution in [0.5, 0.6) is 5.75 Å². The Bertz CT molecular complexity index is 1130. The van der Waals surface area contributed by atoms with E-state index in [1.54, 1.807) is 31.2 Å². The van der Waals surface area contributed by atoms with Crippen molar-refractivity contribution in [1.29, 1.82) is 0 Å². The molecule has 6 nitrogen and oxygen atoms in total. The molecule has 0 saturated heterocycles. The summed E-state index contributed by atoms with van der Waals surface area (Å²) < 4.78 is 32.7. The van der Waals surface area contributed by atoms with E-state index in [0.29, 0.717) is 27.2 Å². The molecule has 0 aliphatic rings. The van der Waals surface area contributed by atoms with Crippen LogP contribution in [0.4, 0.5) is 0 Å². The molecule has 1 heterocycles. The van der Waals surface area contributed by atoms with E-state index in [0.717, 1.165) is 5.56 Å². The van der Waals surface area contributed by atoms with E-state index in [-0.39, 0.29) is 17.7 Å². The van der Waals surface area contributed by atoms with Gasteiger partial charge in [-0.2, -0.15) is 0 Å². The van der Waals surface area contributed by atoms with E-state index < -0.39 is 16.0 Å². The summed E-state index contributed by atoms with van der Waals surface area (Å²) in [6, 6.07) is 9.58. The summed E-state index contributed by atoms with van der Waals surface area (Å²) in [6.07, 6.45) is 1.57. The highest BCUT2D eigenvalue weighted by Crippen LogP contribution is 2.31. The van der Waals surface area contributed by atoms with Crippen molar-refractivity contribution in [1.82, 2.24) is 3.97 Å². The highest BCUT2D eigenvalue weighted by molar-refractivity contribution is 7.90. The van der Waals surface area contributed by atoms with E-state index in [1.165, 1.54) is 29.4 Å². The molecule has 0 atom stereocenters. The van der Waals surface area contributed by atoms with Crippen LogP contribution in [0.2, 0.25) is 5.02 Å². The number of nitrogens with zero attached hydrogens (tertiary/aromatic N) is 1. The lowest BCUT2D eigenvalue weighted by molar-refractivity contribution is -0.136. The second kappa shape index (κ2) is 7.25. The van der Waals surface area contributed by atoms with Gasteiger partial charge in [-0.15, -0.1) is 0 Å². The van der Waals surface area contributed by atoms with E-state index in [4.69, 9.17) is 21.4 Å². The lowest BCUT2D eigenvalue weighted by atomic mass is 10.1. The first-order valence-corrected chi connectivity index (χ1v) is 9.97. The van der Waals surface area contributed by atoms with Crippen LogP contribution in [0, 0.1) is 6.92 Å². The van der Waals surface area contributed by atoms with Gasteiger partial charge in [0.1, 0.15) is 5.75 Å². The minimum atomic E-state index is -3.90. The van der Waals surface area contributed by atoms with Crippen LogP contribution in [-0.4, -0.2) is 30.6 Å². The number of aromatic nitrogens is 1. The second-order valence-electron chi connectivity index (χ2n) is 6.14. The van der Waals surface area contributed by atoms with Gasteiger partial charge >= 0.3 is 5.97 Å². The smallest absolute Gasteiger partial charge is 0.303 e. The number of aryl methyl sites for hydroxylation is 2. The van der Waals surface area contributed by atoms with Crippen LogP contribution in [0.25, 0.3) is 10.9 Å². The van der Waals surface area contributed by atoms with Crippen LogP contribution < -0.4 is 4.74 Å². The Kier molecular flexibility index (Phi) is 5.17. The van der Waals surface area contributed by atoms with Crippen molar-refractivity contribution in [3.05, 3.63) is 58.7 Å². The third kappa shape index (κ3) is 3.65. The van der Waals surface area contributed by atoms with Crippen LogP contribution in [0.3, 0.4) is 0 Å². The van der Waals surface area contributed by atoms with E-state index in [2.05, 4.69) is 0 Å². The van der Waals surface area contributed by atoms with Gasteiger partial charge < -0.3 is 9.84 Å². The maximum absolute atomic E-state index is 13.2. The van der Waals surface area contributed by atoms with Gasteiger partial charge in [0, 0.05) is 23.0 Å². The van der Waals surface area contributed by atoms with E-state index >= 15 is 0 Å². The van der Waals surface area contributed by atoms with Crippen molar-refractivity contribution in [2.24, 2.45) is 0 Å². The highest BCUT2D eigenvalue weighted by atomic mass is 35.5. The summed E-state index contributed by atoms with van der Waals surface area (Å²) in [5.74, 6) is -0.389. The van der Waals surface area contributed by atoms with Gasteiger partial charge in [0.25, 0.3) is 10.0 Å². The number of rotatable bonds is 6. The lowest BCUT2D eigenvalue weighted by Crippen LogP contribution is -2.12. The average molecular weight is 408 g/mol. The van der Waals surface area contributed by atoms with Crippen molar-refractivity contribution >= 4 is 38.5 Å². The number of halogens is 1. The Morgan fingerprint density at radius 1 is 1.22 bits per heavy atom. The molecule has 0 bridgehead atoms. The molecule has 3 aromatic rings. The van der Waals surface area contributed by atoms with Crippen molar-refractivity contribution in [2.75, 3.05) is 7.11 Å². The summed E-state index contributed by atoms with van der Waals surface area (Å²) in [6.45, 7) is 1.79. The van der Waals surface area contributed by atoms with Crippen LogP contribution in [-0.2, 0) is 21.2 Å². The molecule has 0 spiro atoms. The number of fused-ring (bicyclic) bond motifs is 1. The SMILES string of the molecule is COc1ccc2c(c1)c(CCC(=O)O)cn2S(=O)(=O)c1ccc(C)c(Cl)c1. The van der Waals surface area contributed by atoms with Gasteiger partial charge in [-0.05, 0) is 54.8 Å². The molecule has 0 aliphatic heterocycles. The first-order valence-electron chi connectivity index (χ1n) is 8.15. The quantitative estimate of drug-likeness (QED) is 0.670. The standard InChI is InChI=1S/C19H18ClNO5S/c1-12-3-6-15(10-17(12)20)27(24,25)21-11-13(4-8-19(22)23)16-9-14(26-2)5-7-18(16)21/h3,5-7,9-11H,4,8H2,1-2H3,(H,22,23). The summed E-state index contributed by atoms with van der Waals surface area (Å²) >= 11 is 6.10. The summed E-state index contributed by atoms with van der Waals surface area (Å²) in [5.41, 5.74) is 1.85. The fraction of sp³-hybridized carbons (Fsp3) is 0.211. The third-order valence-corrected chi connectivity index (χ3v) is 6.45. The number of ether oxygens (including phenoxy) is 1. The zero-order valence-electron chi connectivity index (χ0n) is 14.8. The number of benzene rings is 2. The molecule has 1 aromatic heterocycles. The van der Waals surface area contributed by atoms with Gasteiger partial charge in [0.05, 0.1) is 17.5 Å². The molecule has 0 fully saturated rings. The number of hydrogen-bond donors (Lipinski definition) is 1. The molecular weight excluding hydrogens is 390 g/mol. The maximum atomic E-state index is 13.2. The lowest BCUT2D eigenvalue weighted by Gasteiger charge is -2.09. The Morgan fingerprint density at radius 2 is 1.96 bits per heavy atom. The fourth-order valence-electron chi connectivity index (χ4n) is 2.86. The topological polar surface area (TPSA) is 85.6 Å². The van der Waals surface area contributed by atoms with Crippen molar-refractivity contribution in [3.63, 3.8) is 0 Å². The second-order valence-corrected chi connectivity index (χ2v) is 8.37. The minimum Gasteiger partial charge on any atom is -0.497 e. The first kappa shape index (κ1) is 19.3. The van der Waals surface area contributed by atoms with Gasteiger partial charge in [0.15, 0.2) is 0 Å². The average Bonchev–Trinajstić information content (AvgIpc) is 3.00. The molecule has 27 heavy (non-hydrogen) atoms. The van der Waals surface area contributed by atoms with Crippen LogP contribution >= 0.6 is 11.6 Å². The molecule has 0 amide bonds. The Hall–Kier alpha value is -2.51. The number of hydrogen-bond acceptors (Lipinski definition) is 4. The maximum Gasteiger partial charge on any atom is 0.303 e. The Balaban J connectivity index is 2.20. The normalized spacial score (nSPS) is 11.7. The zero-order valence-corrected chi connectivity index (χ0v) is 16.3. The van der Waals surface area contributed by atoms with Gasteiger partial charge in [-0.1, -0.05) is 17.7 Å². The predicted molar refractivity (Wildman–Crippen MR) is 103 cm³/mol. The highest BCUT2D eigenvalue weighted by Gasteiger charge is 2.22. The van der Waals surface area contributed by atoms with Gasteiger partial charge in [0.2, 0.25) is 0 Å². The Labute approximate surface area is 162 Å². The molecule has 0 radical (unpaired) electrons. The zero-order chi connectivity index (χ0) is 19.8. The van der Waals surface area contributed by atoms with Crippen molar-refractivity contribution in [3.8, 4) is 5.75 Å². The Morgan fingerprint density at radius 3 is 2.59 bits per heavy atom. The van der Waals surface area contributed by atoms with Crippen molar-refractivity contribution in [2.45, 2.75) is 24.7 Å². The molecule has 0 unspecified atom stereocenters.